The van der Waals surface area contributed by atoms with Gasteiger partial charge in [-0.25, -0.2) is 0 Å². The number of hydrogen-bond donors (Lipinski definition) is 2. The molecule has 2 rings (SSSR count). The maximum Gasteiger partial charge on any atom is 0.234 e. The molecule has 3 N–H and O–H groups in total. The molecule has 1 aliphatic heterocycles. The second-order valence-corrected chi connectivity index (χ2v) is 5.88. The molecule has 2 fully saturated rings. The summed E-state index contributed by atoms with van der Waals surface area (Å²) in [6, 6.07) is -0.0693. The lowest BCUT2D eigenvalue weighted by Gasteiger charge is -2.30. The summed E-state index contributed by atoms with van der Waals surface area (Å²) in [4.78, 5) is 11.2. The van der Waals surface area contributed by atoms with Gasteiger partial charge in [-0.05, 0) is 31.2 Å². The number of piperidine rings is 1. The Morgan fingerprint density at radius 2 is 1.76 bits per heavy atom. The highest BCUT2D eigenvalue weighted by molar-refractivity contribution is 5.79. The number of carbonyl (C=O) groups excluding carboxylic acids is 1. The normalized spacial score (nSPS) is 31.3. The summed E-state index contributed by atoms with van der Waals surface area (Å²) in [5.41, 5.74) is 5.37. The summed E-state index contributed by atoms with van der Waals surface area (Å²) >= 11 is 0. The molecule has 1 saturated carbocycles. The minimum atomic E-state index is -0.174. The molecule has 2 atom stereocenters. The highest BCUT2D eigenvalue weighted by atomic mass is 16.1. The van der Waals surface area contributed by atoms with Gasteiger partial charge in [0.25, 0.3) is 0 Å². The molecule has 17 heavy (non-hydrogen) atoms. The van der Waals surface area contributed by atoms with Crippen LogP contribution in [0.4, 0.5) is 0 Å². The molecule has 3 heteroatoms. The molecule has 0 bridgehead atoms. The van der Waals surface area contributed by atoms with Crippen LogP contribution in [-0.2, 0) is 4.79 Å². The molecule has 1 aliphatic carbocycles. The minimum Gasteiger partial charge on any atom is -0.368 e. The molecule has 0 aromatic carbocycles. The van der Waals surface area contributed by atoms with Crippen LogP contribution in [0.5, 0.6) is 0 Å². The van der Waals surface area contributed by atoms with E-state index in [2.05, 4.69) is 5.32 Å². The Balaban J connectivity index is 1.69. The third kappa shape index (κ3) is 3.98. The van der Waals surface area contributed by atoms with Gasteiger partial charge in [-0.1, -0.05) is 44.9 Å². The van der Waals surface area contributed by atoms with Crippen LogP contribution in [0, 0.1) is 11.8 Å². The molecule has 3 nitrogen and oxygen atoms in total. The fourth-order valence-corrected chi connectivity index (χ4v) is 3.42. The molecule has 0 aromatic heterocycles. The molecular formula is C14H26N2O. The van der Waals surface area contributed by atoms with Gasteiger partial charge in [-0.2, -0.15) is 0 Å². The zero-order valence-electron chi connectivity index (χ0n) is 10.8. The molecule has 0 radical (unpaired) electrons. The quantitative estimate of drug-likeness (QED) is 0.789. The molecule has 98 valence electrons. The van der Waals surface area contributed by atoms with Crippen LogP contribution in [0.15, 0.2) is 0 Å². The van der Waals surface area contributed by atoms with E-state index in [0.29, 0.717) is 0 Å². The Bertz CT molecular complexity index is 249. The summed E-state index contributed by atoms with van der Waals surface area (Å²) in [7, 11) is 0. The lowest BCUT2D eigenvalue weighted by molar-refractivity contribution is -0.120. The molecule has 1 saturated heterocycles. The van der Waals surface area contributed by atoms with Crippen molar-refractivity contribution in [1.29, 1.82) is 0 Å². The maximum absolute atomic E-state index is 11.2. The first-order chi connectivity index (χ1) is 8.25. The van der Waals surface area contributed by atoms with E-state index in [4.69, 9.17) is 5.73 Å². The average Bonchev–Trinajstić information content (AvgIpc) is 2.38. The van der Waals surface area contributed by atoms with E-state index in [1.54, 1.807) is 0 Å². The lowest BCUT2D eigenvalue weighted by Crippen LogP contribution is -2.46. The summed E-state index contributed by atoms with van der Waals surface area (Å²) in [5, 5.41) is 3.21. The highest BCUT2D eigenvalue weighted by Crippen LogP contribution is 2.31. The van der Waals surface area contributed by atoms with Crippen molar-refractivity contribution >= 4 is 5.91 Å². The number of nitrogens with one attached hydrogen (secondary N) is 1. The number of carbonyl (C=O) groups is 1. The fourth-order valence-electron chi connectivity index (χ4n) is 3.42. The van der Waals surface area contributed by atoms with Gasteiger partial charge < -0.3 is 11.1 Å². The van der Waals surface area contributed by atoms with Crippen molar-refractivity contribution in [2.45, 2.75) is 63.8 Å². The maximum atomic E-state index is 11.2. The zero-order valence-corrected chi connectivity index (χ0v) is 10.8. The number of nitrogens with two attached hydrogens (primary N) is 1. The average molecular weight is 238 g/mol. The van der Waals surface area contributed by atoms with Crippen molar-refractivity contribution in [3.05, 3.63) is 0 Å². The Labute approximate surface area is 105 Å². The first kappa shape index (κ1) is 12.9. The summed E-state index contributed by atoms with van der Waals surface area (Å²) in [6.07, 6.45) is 12.0. The SMILES string of the molecule is NC(=O)C1CC(CCC2CCCCC2)CCN1. The predicted octanol–water partition coefficient (Wildman–Crippen LogP) is 2.20. The van der Waals surface area contributed by atoms with Crippen LogP contribution >= 0.6 is 0 Å². The van der Waals surface area contributed by atoms with Crippen molar-refractivity contribution in [1.82, 2.24) is 5.32 Å². The topological polar surface area (TPSA) is 55.1 Å². The zero-order chi connectivity index (χ0) is 12.1. The van der Waals surface area contributed by atoms with Crippen molar-refractivity contribution in [2.24, 2.45) is 17.6 Å². The predicted molar refractivity (Wildman–Crippen MR) is 69.5 cm³/mol. The van der Waals surface area contributed by atoms with Crippen LogP contribution in [0.2, 0.25) is 0 Å². The van der Waals surface area contributed by atoms with Crippen molar-refractivity contribution < 1.29 is 4.79 Å². The third-order valence-corrected chi connectivity index (χ3v) is 4.56. The van der Waals surface area contributed by atoms with E-state index < -0.39 is 0 Å². The second-order valence-electron chi connectivity index (χ2n) is 5.88. The van der Waals surface area contributed by atoms with Crippen LogP contribution < -0.4 is 11.1 Å². The van der Waals surface area contributed by atoms with E-state index in [1.807, 2.05) is 0 Å². The van der Waals surface area contributed by atoms with Crippen LogP contribution in [0.1, 0.15) is 57.8 Å². The van der Waals surface area contributed by atoms with Crippen LogP contribution in [0.3, 0.4) is 0 Å². The van der Waals surface area contributed by atoms with Gasteiger partial charge in [0.05, 0.1) is 6.04 Å². The smallest absolute Gasteiger partial charge is 0.234 e. The third-order valence-electron chi connectivity index (χ3n) is 4.56. The van der Waals surface area contributed by atoms with E-state index >= 15 is 0 Å². The number of hydrogen-bond acceptors (Lipinski definition) is 2. The lowest BCUT2D eigenvalue weighted by atomic mass is 9.81. The van der Waals surface area contributed by atoms with Gasteiger partial charge in [0, 0.05) is 0 Å². The monoisotopic (exact) mass is 238 g/mol. The van der Waals surface area contributed by atoms with E-state index in [0.717, 1.165) is 24.8 Å². The molecule has 1 heterocycles. The van der Waals surface area contributed by atoms with E-state index in [-0.39, 0.29) is 11.9 Å². The molecule has 0 aromatic rings. The van der Waals surface area contributed by atoms with Crippen LogP contribution in [0.25, 0.3) is 0 Å². The minimum absolute atomic E-state index is 0.0693. The van der Waals surface area contributed by atoms with Crippen molar-refractivity contribution in [2.75, 3.05) is 6.54 Å². The molecule has 2 unspecified atom stereocenters. The largest absolute Gasteiger partial charge is 0.368 e. The fraction of sp³-hybridized carbons (Fsp3) is 0.929. The summed E-state index contributed by atoms with van der Waals surface area (Å²) < 4.78 is 0. The van der Waals surface area contributed by atoms with Gasteiger partial charge in [-0.3, -0.25) is 4.79 Å². The van der Waals surface area contributed by atoms with Gasteiger partial charge in [0.1, 0.15) is 0 Å². The van der Waals surface area contributed by atoms with Gasteiger partial charge in [0.2, 0.25) is 5.91 Å². The number of primary amides is 1. The molecule has 0 spiro atoms. The molecule has 2 aliphatic rings. The van der Waals surface area contributed by atoms with E-state index in [9.17, 15) is 4.79 Å². The van der Waals surface area contributed by atoms with Gasteiger partial charge >= 0.3 is 0 Å². The van der Waals surface area contributed by atoms with E-state index in [1.165, 1.54) is 51.4 Å². The number of rotatable bonds is 4. The Hall–Kier alpha value is -0.570. The second kappa shape index (κ2) is 6.39. The Kier molecular flexibility index (Phi) is 4.84. The van der Waals surface area contributed by atoms with Crippen molar-refractivity contribution in [3.8, 4) is 0 Å². The van der Waals surface area contributed by atoms with Gasteiger partial charge in [-0.15, -0.1) is 0 Å². The Morgan fingerprint density at radius 3 is 2.47 bits per heavy atom. The Morgan fingerprint density at radius 1 is 1.06 bits per heavy atom. The van der Waals surface area contributed by atoms with Gasteiger partial charge in [0.15, 0.2) is 0 Å². The van der Waals surface area contributed by atoms with Crippen LogP contribution in [-0.4, -0.2) is 18.5 Å². The summed E-state index contributed by atoms with van der Waals surface area (Å²) in [6.45, 7) is 0.961. The number of amides is 1. The first-order valence-electron chi connectivity index (χ1n) is 7.28. The standard InChI is InChI=1S/C14H26N2O/c15-14(17)13-10-12(8-9-16-13)7-6-11-4-2-1-3-5-11/h11-13,16H,1-10H2,(H2,15,17). The molecule has 1 amide bonds. The first-order valence-corrected chi connectivity index (χ1v) is 7.28. The highest BCUT2D eigenvalue weighted by Gasteiger charge is 2.25. The van der Waals surface area contributed by atoms with Crippen molar-refractivity contribution in [3.63, 3.8) is 0 Å². The molecular weight excluding hydrogens is 212 g/mol. The summed E-state index contributed by atoms with van der Waals surface area (Å²) in [5.74, 6) is 1.51.